The van der Waals surface area contributed by atoms with Crippen molar-refractivity contribution >= 4 is 47.5 Å². The molecule has 0 fully saturated rings. The summed E-state index contributed by atoms with van der Waals surface area (Å²) in [6.07, 6.45) is -2.29. The predicted molar refractivity (Wildman–Crippen MR) is 48.5 cm³/mol. The number of carboxylic acid groups (broad SMARTS) is 3. The quantitative estimate of drug-likeness (QED) is 0.418. The van der Waals surface area contributed by atoms with Gasteiger partial charge in [-0.3, -0.25) is 9.59 Å². The van der Waals surface area contributed by atoms with Crippen LogP contribution in [0.1, 0.15) is 15.7 Å². The van der Waals surface area contributed by atoms with Gasteiger partial charge in [0.1, 0.15) is 0 Å². The SMILES string of the molecule is O=C(O)CC(O)(CC(=O)O)C(=O)O.[HH].[HH].[NaH]. The third-order valence-corrected chi connectivity index (χ3v) is 1.29. The van der Waals surface area contributed by atoms with E-state index in [4.69, 9.17) is 20.4 Å². The molecule has 0 aromatic heterocycles. The molecular weight excluding hydrogens is 207 g/mol. The second kappa shape index (κ2) is 5.97. The molecule has 14 heavy (non-hydrogen) atoms. The van der Waals surface area contributed by atoms with Crippen LogP contribution in [0.4, 0.5) is 0 Å². The monoisotopic (exact) mass is 220 g/mol. The average Bonchev–Trinajstić information content (AvgIpc) is 1.82. The van der Waals surface area contributed by atoms with Crippen LogP contribution in [0.25, 0.3) is 0 Å². The van der Waals surface area contributed by atoms with Crippen molar-refractivity contribution in [1.29, 1.82) is 0 Å². The molecule has 0 heterocycles. The van der Waals surface area contributed by atoms with Gasteiger partial charge >= 0.3 is 47.5 Å². The Labute approximate surface area is 104 Å². The molecule has 0 aromatic rings. The minimum atomic E-state index is -2.74. The first-order valence-electron chi connectivity index (χ1n) is 3.17. The van der Waals surface area contributed by atoms with Crippen LogP contribution in [-0.2, 0) is 14.4 Å². The molecular formula is C6H13NaO7. The topological polar surface area (TPSA) is 132 Å². The van der Waals surface area contributed by atoms with Crippen molar-refractivity contribution < 1.29 is 37.7 Å². The minimum absolute atomic E-state index is 0. The van der Waals surface area contributed by atoms with Gasteiger partial charge in [0.2, 0.25) is 0 Å². The van der Waals surface area contributed by atoms with Crippen molar-refractivity contribution in [2.45, 2.75) is 18.4 Å². The zero-order valence-electron chi connectivity index (χ0n) is 6.43. The molecule has 0 bridgehead atoms. The van der Waals surface area contributed by atoms with Crippen LogP contribution in [0, 0.1) is 0 Å². The average molecular weight is 220 g/mol. The van der Waals surface area contributed by atoms with E-state index in [0.29, 0.717) is 0 Å². The summed E-state index contributed by atoms with van der Waals surface area (Å²) in [5.74, 6) is -5.02. The Hall–Kier alpha value is -0.630. The first-order valence-corrected chi connectivity index (χ1v) is 3.17. The second-order valence-corrected chi connectivity index (χ2v) is 2.48. The van der Waals surface area contributed by atoms with Crippen molar-refractivity contribution in [1.82, 2.24) is 0 Å². The van der Waals surface area contributed by atoms with E-state index in [-0.39, 0.29) is 32.4 Å². The number of carbonyl (C=O) groups is 3. The Morgan fingerprint density at radius 1 is 1.00 bits per heavy atom. The number of aliphatic carboxylic acids is 3. The molecule has 0 saturated carbocycles. The Kier molecular flexibility index (Phi) is 6.75. The molecule has 0 saturated heterocycles. The summed E-state index contributed by atoms with van der Waals surface area (Å²) >= 11 is 0. The zero-order valence-corrected chi connectivity index (χ0v) is 6.43. The van der Waals surface area contributed by atoms with E-state index in [2.05, 4.69) is 0 Å². The van der Waals surface area contributed by atoms with Crippen LogP contribution < -0.4 is 0 Å². The number of carboxylic acids is 3. The van der Waals surface area contributed by atoms with E-state index >= 15 is 0 Å². The summed E-state index contributed by atoms with van der Waals surface area (Å²) in [5.41, 5.74) is -2.74. The molecule has 0 atom stereocenters. The molecule has 0 spiro atoms. The molecule has 0 aliphatic carbocycles. The van der Waals surface area contributed by atoms with Crippen LogP contribution in [0.2, 0.25) is 0 Å². The number of hydrogen-bond acceptors (Lipinski definition) is 4. The first-order chi connectivity index (χ1) is 5.78. The molecule has 0 unspecified atom stereocenters. The van der Waals surface area contributed by atoms with Crippen molar-refractivity contribution in [2.24, 2.45) is 0 Å². The van der Waals surface area contributed by atoms with Crippen molar-refractivity contribution in [3.63, 3.8) is 0 Å². The summed E-state index contributed by atoms with van der Waals surface area (Å²) < 4.78 is 0. The Morgan fingerprint density at radius 3 is 1.43 bits per heavy atom. The van der Waals surface area contributed by atoms with Gasteiger partial charge in [-0.15, -0.1) is 0 Å². The van der Waals surface area contributed by atoms with Gasteiger partial charge < -0.3 is 20.4 Å². The molecule has 80 valence electrons. The van der Waals surface area contributed by atoms with Crippen molar-refractivity contribution in [2.75, 3.05) is 0 Å². The standard InChI is InChI=1S/C6H8O7.Na.2H2.H/c7-3(8)1-6(13,5(11)12)2-4(9)10;;;;/h13H,1-2H2,(H,7,8)(H,9,10)(H,11,12);;2*1H;. The third-order valence-electron chi connectivity index (χ3n) is 1.29. The number of hydrogen-bond donors (Lipinski definition) is 4. The van der Waals surface area contributed by atoms with Gasteiger partial charge in [-0.1, -0.05) is 0 Å². The molecule has 8 heteroatoms. The summed E-state index contributed by atoms with van der Waals surface area (Å²) in [7, 11) is 0. The molecule has 7 nitrogen and oxygen atoms in total. The van der Waals surface area contributed by atoms with Crippen LogP contribution in [0.3, 0.4) is 0 Å². The summed E-state index contributed by atoms with van der Waals surface area (Å²) in [6.45, 7) is 0. The van der Waals surface area contributed by atoms with E-state index in [0.717, 1.165) is 0 Å². The summed E-state index contributed by atoms with van der Waals surface area (Å²) in [5, 5.41) is 33.8. The molecule has 0 aliphatic heterocycles. The van der Waals surface area contributed by atoms with Gasteiger partial charge in [0.25, 0.3) is 0 Å². The van der Waals surface area contributed by atoms with E-state index in [1.54, 1.807) is 0 Å². The predicted octanol–water partition coefficient (Wildman–Crippen LogP) is -1.40. The van der Waals surface area contributed by atoms with Crippen LogP contribution in [0.5, 0.6) is 0 Å². The molecule has 0 aliphatic rings. The van der Waals surface area contributed by atoms with Crippen LogP contribution in [-0.4, -0.2) is 73.5 Å². The summed E-state index contributed by atoms with van der Waals surface area (Å²) in [6, 6.07) is 0. The second-order valence-electron chi connectivity index (χ2n) is 2.48. The van der Waals surface area contributed by atoms with Gasteiger partial charge in [0, 0.05) is 2.85 Å². The fraction of sp³-hybridized carbons (Fsp3) is 0.500. The van der Waals surface area contributed by atoms with E-state index in [1.165, 1.54) is 0 Å². The van der Waals surface area contributed by atoms with Gasteiger partial charge in [0.05, 0.1) is 12.8 Å². The van der Waals surface area contributed by atoms with Crippen LogP contribution >= 0.6 is 0 Å². The fourth-order valence-electron chi connectivity index (χ4n) is 0.714. The maximum absolute atomic E-state index is 10.3. The third kappa shape index (κ3) is 5.18. The Morgan fingerprint density at radius 2 is 1.29 bits per heavy atom. The first kappa shape index (κ1) is 15.8. The van der Waals surface area contributed by atoms with Gasteiger partial charge in [-0.05, 0) is 0 Å². The van der Waals surface area contributed by atoms with Crippen LogP contribution in [0.15, 0.2) is 0 Å². The van der Waals surface area contributed by atoms with Gasteiger partial charge in [-0.25, -0.2) is 4.79 Å². The Bertz CT molecular complexity index is 241. The van der Waals surface area contributed by atoms with Gasteiger partial charge in [-0.2, -0.15) is 0 Å². The molecule has 0 aromatic carbocycles. The summed E-state index contributed by atoms with van der Waals surface area (Å²) in [4.78, 5) is 30.5. The maximum atomic E-state index is 10.3. The normalized spacial score (nSPS) is 10.1. The van der Waals surface area contributed by atoms with E-state index in [1.807, 2.05) is 0 Å². The molecule has 0 radical (unpaired) electrons. The van der Waals surface area contributed by atoms with E-state index < -0.39 is 36.4 Å². The van der Waals surface area contributed by atoms with Gasteiger partial charge in [0.15, 0.2) is 5.60 Å². The van der Waals surface area contributed by atoms with Crippen molar-refractivity contribution in [3.05, 3.63) is 0 Å². The molecule has 0 rings (SSSR count). The molecule has 4 N–H and O–H groups in total. The Balaban J connectivity index is -0.000000240. The number of rotatable bonds is 5. The zero-order chi connectivity index (χ0) is 10.6. The number of aliphatic hydroxyl groups is 1. The van der Waals surface area contributed by atoms with Crippen molar-refractivity contribution in [3.8, 4) is 0 Å². The van der Waals surface area contributed by atoms with E-state index in [9.17, 15) is 14.4 Å². The molecule has 0 amide bonds. The fourth-order valence-corrected chi connectivity index (χ4v) is 0.714.